The monoisotopic (exact) mass is 307 g/mol. The minimum atomic E-state index is -0.153. The lowest BCUT2D eigenvalue weighted by molar-refractivity contribution is -0.0594. The third-order valence-electron chi connectivity index (χ3n) is 5.42. The van der Waals surface area contributed by atoms with Crippen LogP contribution in [0.2, 0.25) is 0 Å². The SMILES string of the molecule is c1ccc2c(c1)CCC21CN(c2ccnc(C3CC3)n2)CCO1. The van der Waals surface area contributed by atoms with Crippen LogP contribution in [0.4, 0.5) is 5.82 Å². The van der Waals surface area contributed by atoms with Crippen LogP contribution < -0.4 is 4.90 Å². The highest BCUT2D eigenvalue weighted by atomic mass is 16.5. The van der Waals surface area contributed by atoms with Crippen LogP contribution in [-0.2, 0) is 16.8 Å². The molecule has 1 spiro atoms. The normalized spacial score (nSPS) is 26.5. The summed E-state index contributed by atoms with van der Waals surface area (Å²) in [4.78, 5) is 11.7. The topological polar surface area (TPSA) is 38.2 Å². The molecular weight excluding hydrogens is 286 g/mol. The van der Waals surface area contributed by atoms with E-state index in [2.05, 4.69) is 34.1 Å². The zero-order chi connectivity index (χ0) is 15.3. The molecule has 1 aromatic heterocycles. The molecule has 4 heteroatoms. The third kappa shape index (κ3) is 2.24. The Morgan fingerprint density at radius 3 is 3.00 bits per heavy atom. The largest absolute Gasteiger partial charge is 0.367 e. The van der Waals surface area contributed by atoms with Gasteiger partial charge in [0.2, 0.25) is 0 Å². The van der Waals surface area contributed by atoms with Gasteiger partial charge in [0.05, 0.1) is 13.2 Å². The second-order valence-corrected chi connectivity index (χ2v) is 6.97. The Balaban J connectivity index is 1.46. The Bertz CT molecular complexity index is 739. The van der Waals surface area contributed by atoms with Gasteiger partial charge >= 0.3 is 0 Å². The van der Waals surface area contributed by atoms with Crippen LogP contribution >= 0.6 is 0 Å². The molecule has 1 aromatic carbocycles. The molecule has 2 fully saturated rings. The fourth-order valence-electron chi connectivity index (χ4n) is 4.03. The summed E-state index contributed by atoms with van der Waals surface area (Å²) in [5.41, 5.74) is 2.66. The first kappa shape index (κ1) is 13.5. The van der Waals surface area contributed by atoms with Crippen molar-refractivity contribution >= 4 is 5.82 Å². The first-order valence-electron chi connectivity index (χ1n) is 8.64. The molecule has 23 heavy (non-hydrogen) atoms. The standard InChI is InChI=1S/C19H21N3O/c1-2-4-16-14(3-1)7-9-19(16)13-22(11-12-23-19)17-8-10-20-18(21-17)15-5-6-15/h1-4,8,10,15H,5-7,9,11-13H2. The van der Waals surface area contributed by atoms with E-state index in [9.17, 15) is 0 Å². The summed E-state index contributed by atoms with van der Waals surface area (Å²) in [7, 11) is 0. The highest BCUT2D eigenvalue weighted by molar-refractivity contribution is 5.44. The molecule has 2 heterocycles. The van der Waals surface area contributed by atoms with Gasteiger partial charge in [-0.1, -0.05) is 24.3 Å². The minimum Gasteiger partial charge on any atom is -0.367 e. The van der Waals surface area contributed by atoms with Crippen molar-refractivity contribution in [2.24, 2.45) is 0 Å². The second-order valence-electron chi connectivity index (χ2n) is 6.97. The average molecular weight is 307 g/mol. The molecule has 1 unspecified atom stereocenters. The van der Waals surface area contributed by atoms with Crippen LogP contribution in [0.25, 0.3) is 0 Å². The van der Waals surface area contributed by atoms with E-state index >= 15 is 0 Å². The van der Waals surface area contributed by atoms with Gasteiger partial charge in [-0.2, -0.15) is 0 Å². The number of ether oxygens (including phenoxy) is 1. The number of nitrogens with zero attached hydrogens (tertiary/aromatic N) is 3. The summed E-state index contributed by atoms with van der Waals surface area (Å²) in [5, 5.41) is 0. The van der Waals surface area contributed by atoms with Gasteiger partial charge in [0.25, 0.3) is 0 Å². The number of aryl methyl sites for hydroxylation is 1. The predicted octanol–water partition coefficient (Wildman–Crippen LogP) is 3.03. The van der Waals surface area contributed by atoms with Crippen molar-refractivity contribution in [2.45, 2.75) is 37.2 Å². The zero-order valence-corrected chi connectivity index (χ0v) is 13.2. The van der Waals surface area contributed by atoms with E-state index in [-0.39, 0.29) is 5.60 Å². The van der Waals surface area contributed by atoms with Crippen molar-refractivity contribution in [3.05, 3.63) is 53.5 Å². The Hall–Kier alpha value is -1.94. The van der Waals surface area contributed by atoms with E-state index in [0.717, 1.165) is 44.2 Å². The summed E-state index contributed by atoms with van der Waals surface area (Å²) in [5.74, 6) is 2.68. The lowest BCUT2D eigenvalue weighted by Gasteiger charge is -2.41. The van der Waals surface area contributed by atoms with Gasteiger partial charge < -0.3 is 9.64 Å². The zero-order valence-electron chi connectivity index (χ0n) is 13.2. The Kier molecular flexibility index (Phi) is 2.95. The van der Waals surface area contributed by atoms with Crippen molar-refractivity contribution in [3.8, 4) is 0 Å². The number of anilines is 1. The molecule has 4 nitrogen and oxygen atoms in total. The molecule has 3 aliphatic rings. The number of hydrogen-bond donors (Lipinski definition) is 0. The Morgan fingerprint density at radius 2 is 2.09 bits per heavy atom. The molecule has 0 amide bonds. The van der Waals surface area contributed by atoms with E-state index in [4.69, 9.17) is 9.72 Å². The lowest BCUT2D eigenvalue weighted by Crippen LogP contribution is -2.49. The molecule has 118 valence electrons. The first-order valence-corrected chi connectivity index (χ1v) is 8.64. The summed E-state index contributed by atoms with van der Waals surface area (Å²) < 4.78 is 6.31. The van der Waals surface area contributed by atoms with Gasteiger partial charge in [-0.3, -0.25) is 0 Å². The molecule has 2 aromatic rings. The predicted molar refractivity (Wildman–Crippen MR) is 88.6 cm³/mol. The molecule has 0 bridgehead atoms. The molecular formula is C19H21N3O. The summed E-state index contributed by atoms with van der Waals surface area (Å²) in [6, 6.07) is 10.8. The maximum atomic E-state index is 6.31. The number of hydrogen-bond acceptors (Lipinski definition) is 4. The molecule has 1 saturated carbocycles. The van der Waals surface area contributed by atoms with Crippen LogP contribution in [0, 0.1) is 0 Å². The van der Waals surface area contributed by atoms with E-state index in [0.29, 0.717) is 5.92 Å². The van der Waals surface area contributed by atoms with Crippen molar-refractivity contribution in [1.29, 1.82) is 0 Å². The van der Waals surface area contributed by atoms with E-state index in [1.165, 1.54) is 24.0 Å². The molecule has 1 saturated heterocycles. The first-order chi connectivity index (χ1) is 11.3. The fraction of sp³-hybridized carbons (Fsp3) is 0.474. The molecule has 0 N–H and O–H groups in total. The summed E-state index contributed by atoms with van der Waals surface area (Å²) in [6.07, 6.45) is 6.58. The molecule has 5 rings (SSSR count). The van der Waals surface area contributed by atoms with Crippen LogP contribution in [0.5, 0.6) is 0 Å². The molecule has 1 aliphatic heterocycles. The van der Waals surface area contributed by atoms with Crippen molar-refractivity contribution in [3.63, 3.8) is 0 Å². The van der Waals surface area contributed by atoms with Gasteiger partial charge in [-0.25, -0.2) is 9.97 Å². The average Bonchev–Trinajstić information content (AvgIpc) is 3.41. The highest BCUT2D eigenvalue weighted by Crippen LogP contribution is 2.43. The number of fused-ring (bicyclic) bond motifs is 2. The molecule has 2 aliphatic carbocycles. The molecule has 0 radical (unpaired) electrons. The van der Waals surface area contributed by atoms with Gasteiger partial charge in [-0.15, -0.1) is 0 Å². The van der Waals surface area contributed by atoms with Crippen molar-refractivity contribution in [1.82, 2.24) is 9.97 Å². The Labute approximate surface area is 136 Å². The minimum absolute atomic E-state index is 0.153. The van der Waals surface area contributed by atoms with E-state index in [1.807, 2.05) is 12.3 Å². The van der Waals surface area contributed by atoms with Gasteiger partial charge in [0, 0.05) is 18.7 Å². The summed E-state index contributed by atoms with van der Waals surface area (Å²) in [6.45, 7) is 2.56. The van der Waals surface area contributed by atoms with Crippen LogP contribution in [0.1, 0.15) is 42.1 Å². The Morgan fingerprint density at radius 1 is 1.17 bits per heavy atom. The number of benzene rings is 1. The second kappa shape index (κ2) is 5.03. The van der Waals surface area contributed by atoms with E-state index in [1.54, 1.807) is 0 Å². The van der Waals surface area contributed by atoms with Gasteiger partial charge in [-0.05, 0) is 42.9 Å². The van der Waals surface area contributed by atoms with Crippen LogP contribution in [0.3, 0.4) is 0 Å². The van der Waals surface area contributed by atoms with Crippen molar-refractivity contribution in [2.75, 3.05) is 24.6 Å². The lowest BCUT2D eigenvalue weighted by atomic mass is 9.93. The quantitative estimate of drug-likeness (QED) is 0.855. The van der Waals surface area contributed by atoms with Gasteiger partial charge in [0.15, 0.2) is 0 Å². The smallest absolute Gasteiger partial charge is 0.133 e. The number of morpholine rings is 1. The van der Waals surface area contributed by atoms with Gasteiger partial charge in [0.1, 0.15) is 17.2 Å². The fourth-order valence-corrected chi connectivity index (χ4v) is 4.03. The third-order valence-corrected chi connectivity index (χ3v) is 5.42. The molecule has 1 atom stereocenters. The summed E-state index contributed by atoms with van der Waals surface area (Å²) >= 11 is 0. The number of aromatic nitrogens is 2. The maximum Gasteiger partial charge on any atom is 0.133 e. The maximum absolute atomic E-state index is 6.31. The van der Waals surface area contributed by atoms with E-state index < -0.39 is 0 Å². The number of rotatable bonds is 2. The van der Waals surface area contributed by atoms with Crippen LogP contribution in [0.15, 0.2) is 36.5 Å². The van der Waals surface area contributed by atoms with Crippen LogP contribution in [-0.4, -0.2) is 29.7 Å². The van der Waals surface area contributed by atoms with Crippen molar-refractivity contribution < 1.29 is 4.74 Å². The highest BCUT2D eigenvalue weighted by Gasteiger charge is 2.43.